The number of carbonyl (C=O) groups excluding carboxylic acids is 2. The van der Waals surface area contributed by atoms with Crippen molar-refractivity contribution < 1.29 is 9.59 Å². The van der Waals surface area contributed by atoms with Crippen molar-refractivity contribution in [1.29, 1.82) is 0 Å². The molecule has 19 heavy (non-hydrogen) atoms. The van der Waals surface area contributed by atoms with Crippen molar-refractivity contribution in [2.24, 2.45) is 5.92 Å². The van der Waals surface area contributed by atoms with Gasteiger partial charge in [-0.2, -0.15) is 0 Å². The molecule has 1 aromatic heterocycles. The number of hydrogen-bond donors (Lipinski definition) is 2. The normalized spacial score (nSPS) is 16.2. The standard InChI is InChI=1S/C13H19N3O2S/c1-2-14-12(17)10-5-7-16(8-6-10)13(18)15-11-4-3-9-19-11/h3-4,9-10H,2,5-8H2,1H3,(H,14,17)(H,15,18). The van der Waals surface area contributed by atoms with E-state index < -0.39 is 0 Å². The zero-order valence-corrected chi connectivity index (χ0v) is 11.8. The van der Waals surface area contributed by atoms with Crippen LogP contribution in [-0.4, -0.2) is 36.5 Å². The molecular weight excluding hydrogens is 262 g/mol. The lowest BCUT2D eigenvalue weighted by molar-refractivity contribution is -0.126. The zero-order valence-electron chi connectivity index (χ0n) is 11.0. The van der Waals surface area contributed by atoms with E-state index in [4.69, 9.17) is 0 Å². The molecule has 2 rings (SSSR count). The molecular formula is C13H19N3O2S. The first-order valence-corrected chi connectivity index (χ1v) is 7.45. The van der Waals surface area contributed by atoms with Gasteiger partial charge < -0.3 is 10.2 Å². The first-order chi connectivity index (χ1) is 9.20. The number of nitrogens with one attached hydrogen (secondary N) is 2. The molecule has 1 saturated heterocycles. The van der Waals surface area contributed by atoms with Gasteiger partial charge >= 0.3 is 6.03 Å². The number of anilines is 1. The van der Waals surface area contributed by atoms with Gasteiger partial charge in [0.05, 0.1) is 5.00 Å². The molecule has 2 N–H and O–H groups in total. The highest BCUT2D eigenvalue weighted by Gasteiger charge is 2.26. The molecule has 1 aromatic rings. The quantitative estimate of drug-likeness (QED) is 0.891. The summed E-state index contributed by atoms with van der Waals surface area (Å²) in [5.41, 5.74) is 0. The topological polar surface area (TPSA) is 61.4 Å². The number of likely N-dealkylation sites (tertiary alicyclic amines) is 1. The molecule has 6 heteroatoms. The van der Waals surface area contributed by atoms with Gasteiger partial charge in [0, 0.05) is 25.6 Å². The fourth-order valence-corrected chi connectivity index (χ4v) is 2.80. The van der Waals surface area contributed by atoms with Gasteiger partial charge in [-0.05, 0) is 37.3 Å². The maximum absolute atomic E-state index is 12.0. The van der Waals surface area contributed by atoms with E-state index in [9.17, 15) is 9.59 Å². The van der Waals surface area contributed by atoms with Crippen molar-refractivity contribution in [3.05, 3.63) is 17.5 Å². The molecule has 0 spiro atoms. The van der Waals surface area contributed by atoms with Crippen molar-refractivity contribution in [2.75, 3.05) is 25.0 Å². The Hall–Kier alpha value is -1.56. The summed E-state index contributed by atoms with van der Waals surface area (Å²) < 4.78 is 0. The third-order valence-corrected chi connectivity index (χ3v) is 4.04. The SMILES string of the molecule is CCNC(=O)C1CCN(C(=O)Nc2cccs2)CC1. The highest BCUT2D eigenvalue weighted by molar-refractivity contribution is 7.14. The van der Waals surface area contributed by atoms with E-state index >= 15 is 0 Å². The van der Waals surface area contributed by atoms with Crippen molar-refractivity contribution in [2.45, 2.75) is 19.8 Å². The fraction of sp³-hybridized carbons (Fsp3) is 0.538. The van der Waals surface area contributed by atoms with Gasteiger partial charge in [-0.15, -0.1) is 11.3 Å². The summed E-state index contributed by atoms with van der Waals surface area (Å²) in [7, 11) is 0. The molecule has 3 amide bonds. The van der Waals surface area contributed by atoms with Crippen LogP contribution in [-0.2, 0) is 4.79 Å². The minimum atomic E-state index is -0.0724. The predicted molar refractivity (Wildman–Crippen MR) is 76.3 cm³/mol. The van der Waals surface area contributed by atoms with Gasteiger partial charge in [-0.3, -0.25) is 10.1 Å². The number of piperidine rings is 1. The van der Waals surface area contributed by atoms with Gasteiger partial charge in [-0.25, -0.2) is 4.79 Å². The third kappa shape index (κ3) is 3.70. The summed E-state index contributed by atoms with van der Waals surface area (Å²) >= 11 is 1.50. The summed E-state index contributed by atoms with van der Waals surface area (Å²) in [5.74, 6) is 0.159. The Bertz CT molecular complexity index is 425. The van der Waals surface area contributed by atoms with Crippen molar-refractivity contribution in [3.63, 3.8) is 0 Å². The molecule has 1 aliphatic rings. The Morgan fingerprint density at radius 2 is 2.16 bits per heavy atom. The smallest absolute Gasteiger partial charge is 0.322 e. The summed E-state index contributed by atoms with van der Waals surface area (Å²) in [4.78, 5) is 25.5. The van der Waals surface area contributed by atoms with E-state index in [1.54, 1.807) is 4.90 Å². The Morgan fingerprint density at radius 1 is 1.42 bits per heavy atom. The second kappa shape index (κ2) is 6.56. The van der Waals surface area contributed by atoms with E-state index in [2.05, 4.69) is 10.6 Å². The highest BCUT2D eigenvalue weighted by Crippen LogP contribution is 2.20. The molecule has 0 atom stereocenters. The van der Waals surface area contributed by atoms with Crippen LogP contribution in [0.25, 0.3) is 0 Å². The summed E-state index contributed by atoms with van der Waals surface area (Å²) in [5, 5.41) is 8.49. The van der Waals surface area contributed by atoms with Crippen molar-refractivity contribution in [3.8, 4) is 0 Å². The lowest BCUT2D eigenvalue weighted by Gasteiger charge is -2.31. The molecule has 104 valence electrons. The van der Waals surface area contributed by atoms with Crippen LogP contribution >= 0.6 is 11.3 Å². The Kier molecular flexibility index (Phi) is 4.79. The highest BCUT2D eigenvalue weighted by atomic mass is 32.1. The average molecular weight is 281 g/mol. The van der Waals surface area contributed by atoms with Gasteiger partial charge in [0.25, 0.3) is 0 Å². The van der Waals surface area contributed by atoms with Crippen LogP contribution in [0.1, 0.15) is 19.8 Å². The number of rotatable bonds is 3. The van der Waals surface area contributed by atoms with Gasteiger partial charge in [0.2, 0.25) is 5.91 Å². The largest absolute Gasteiger partial charge is 0.356 e. The minimum absolute atomic E-state index is 0.0470. The van der Waals surface area contributed by atoms with Crippen LogP contribution < -0.4 is 10.6 Å². The number of carbonyl (C=O) groups is 2. The van der Waals surface area contributed by atoms with E-state index in [0.717, 1.165) is 17.8 Å². The first kappa shape index (κ1) is 13.9. The van der Waals surface area contributed by atoms with Gasteiger partial charge in [0.1, 0.15) is 0 Å². The molecule has 2 heterocycles. The fourth-order valence-electron chi connectivity index (χ4n) is 2.20. The second-order valence-corrected chi connectivity index (χ2v) is 5.51. The Balaban J connectivity index is 1.79. The van der Waals surface area contributed by atoms with E-state index in [1.165, 1.54) is 11.3 Å². The number of amides is 3. The van der Waals surface area contributed by atoms with Gasteiger partial charge in [-0.1, -0.05) is 0 Å². The number of hydrogen-bond acceptors (Lipinski definition) is 3. The van der Waals surface area contributed by atoms with Crippen LogP contribution in [0.15, 0.2) is 17.5 Å². The number of nitrogens with zero attached hydrogens (tertiary/aromatic N) is 1. The second-order valence-electron chi connectivity index (χ2n) is 4.56. The monoisotopic (exact) mass is 281 g/mol. The molecule has 0 unspecified atom stereocenters. The minimum Gasteiger partial charge on any atom is -0.356 e. The third-order valence-electron chi connectivity index (χ3n) is 3.26. The van der Waals surface area contributed by atoms with Crippen LogP contribution in [0, 0.1) is 5.92 Å². The Labute approximate surface area is 117 Å². The van der Waals surface area contributed by atoms with E-state index in [0.29, 0.717) is 19.6 Å². The van der Waals surface area contributed by atoms with Crippen LogP contribution in [0.5, 0.6) is 0 Å². The maximum atomic E-state index is 12.0. The molecule has 0 saturated carbocycles. The predicted octanol–water partition coefficient (Wildman–Crippen LogP) is 2.13. The molecule has 5 nitrogen and oxygen atoms in total. The lowest BCUT2D eigenvalue weighted by Crippen LogP contribution is -2.44. The molecule has 0 aromatic carbocycles. The number of urea groups is 1. The molecule has 0 radical (unpaired) electrons. The molecule has 0 aliphatic carbocycles. The van der Waals surface area contributed by atoms with E-state index in [1.807, 2.05) is 24.4 Å². The van der Waals surface area contributed by atoms with E-state index in [-0.39, 0.29) is 17.9 Å². The molecule has 0 bridgehead atoms. The van der Waals surface area contributed by atoms with Crippen molar-refractivity contribution >= 4 is 28.3 Å². The number of thiophene rings is 1. The zero-order chi connectivity index (χ0) is 13.7. The van der Waals surface area contributed by atoms with Crippen molar-refractivity contribution in [1.82, 2.24) is 10.2 Å². The summed E-state index contributed by atoms with van der Waals surface area (Å²) in [6.45, 7) is 3.86. The maximum Gasteiger partial charge on any atom is 0.322 e. The van der Waals surface area contributed by atoms with Crippen LogP contribution in [0.2, 0.25) is 0 Å². The summed E-state index contributed by atoms with van der Waals surface area (Å²) in [6.07, 6.45) is 1.48. The average Bonchev–Trinajstić information content (AvgIpc) is 2.92. The van der Waals surface area contributed by atoms with Crippen LogP contribution in [0.4, 0.5) is 9.80 Å². The summed E-state index contributed by atoms with van der Waals surface area (Å²) in [6, 6.07) is 3.71. The van der Waals surface area contributed by atoms with Gasteiger partial charge in [0.15, 0.2) is 0 Å². The molecule has 1 aliphatic heterocycles. The first-order valence-electron chi connectivity index (χ1n) is 6.58. The van der Waals surface area contributed by atoms with Crippen LogP contribution in [0.3, 0.4) is 0 Å². The lowest BCUT2D eigenvalue weighted by atomic mass is 9.96. The Morgan fingerprint density at radius 3 is 2.74 bits per heavy atom. The molecule has 1 fully saturated rings.